The van der Waals surface area contributed by atoms with Crippen LogP contribution in [0.1, 0.15) is 32.4 Å². The van der Waals surface area contributed by atoms with Gasteiger partial charge in [0.05, 0.1) is 6.04 Å². The van der Waals surface area contributed by atoms with E-state index in [0.717, 1.165) is 17.9 Å². The summed E-state index contributed by atoms with van der Waals surface area (Å²) in [5, 5.41) is 3.37. The van der Waals surface area contributed by atoms with Crippen LogP contribution in [0.2, 0.25) is 0 Å². The molecular weight excluding hydrogens is 268 g/mol. The van der Waals surface area contributed by atoms with Crippen molar-refractivity contribution in [3.63, 3.8) is 0 Å². The third-order valence-electron chi connectivity index (χ3n) is 3.69. The number of benzene rings is 1. The lowest BCUT2D eigenvalue weighted by molar-refractivity contribution is -0.132. The summed E-state index contributed by atoms with van der Waals surface area (Å²) in [5.41, 5.74) is 1.15. The minimum atomic E-state index is 0.00643. The zero-order valence-corrected chi connectivity index (χ0v) is 13.0. The first-order chi connectivity index (χ1) is 10.2. The number of carbonyl (C=O) groups excluding carboxylic acids is 1. The van der Waals surface area contributed by atoms with Gasteiger partial charge < -0.3 is 19.7 Å². The van der Waals surface area contributed by atoms with E-state index in [4.69, 9.17) is 9.47 Å². The minimum Gasteiger partial charge on any atom is -0.491 e. The van der Waals surface area contributed by atoms with Crippen molar-refractivity contribution < 1.29 is 14.3 Å². The van der Waals surface area contributed by atoms with Gasteiger partial charge in [-0.1, -0.05) is 6.92 Å². The molecule has 1 N–H and O–H groups in total. The molecule has 1 aromatic rings. The Morgan fingerprint density at radius 3 is 2.81 bits per heavy atom. The summed E-state index contributed by atoms with van der Waals surface area (Å²) in [5.74, 6) is 1.52. The van der Waals surface area contributed by atoms with Crippen LogP contribution in [0.15, 0.2) is 18.2 Å². The molecule has 2 rings (SSSR count). The summed E-state index contributed by atoms with van der Waals surface area (Å²) in [6, 6.07) is 6.01. The molecule has 5 heteroatoms. The second-order valence-corrected chi connectivity index (χ2v) is 4.98. The van der Waals surface area contributed by atoms with Gasteiger partial charge in [0.1, 0.15) is 18.1 Å². The van der Waals surface area contributed by atoms with E-state index < -0.39 is 0 Å². The van der Waals surface area contributed by atoms with Crippen molar-refractivity contribution in [1.29, 1.82) is 0 Å². The monoisotopic (exact) mass is 292 g/mol. The highest BCUT2D eigenvalue weighted by Gasteiger charge is 2.23. The Morgan fingerprint density at radius 2 is 2.14 bits per heavy atom. The maximum Gasteiger partial charge on any atom is 0.260 e. The van der Waals surface area contributed by atoms with Gasteiger partial charge in [-0.2, -0.15) is 0 Å². The van der Waals surface area contributed by atoms with E-state index in [1.54, 1.807) is 4.90 Å². The van der Waals surface area contributed by atoms with Gasteiger partial charge in [0.15, 0.2) is 6.61 Å². The molecule has 0 bridgehead atoms. The Bertz CT molecular complexity index is 486. The first-order valence-corrected chi connectivity index (χ1v) is 7.60. The highest BCUT2D eigenvalue weighted by atomic mass is 16.5. The van der Waals surface area contributed by atoms with Gasteiger partial charge in [-0.05, 0) is 32.5 Å². The molecule has 0 saturated heterocycles. The van der Waals surface area contributed by atoms with Crippen LogP contribution in [0.25, 0.3) is 0 Å². The molecule has 1 aliphatic rings. The smallest absolute Gasteiger partial charge is 0.260 e. The standard InChI is InChI=1S/C16H24N2O3/c1-4-17-14-10-21-15-9-12(7-8-13(14)15)20-11-16(19)18(5-2)6-3/h7-9,14,17H,4-6,10-11H2,1-3H3. The first-order valence-electron chi connectivity index (χ1n) is 7.60. The number of ether oxygens (including phenoxy) is 2. The van der Waals surface area contributed by atoms with Gasteiger partial charge in [-0.15, -0.1) is 0 Å². The molecule has 1 heterocycles. The normalized spacial score (nSPS) is 16.2. The topological polar surface area (TPSA) is 50.8 Å². The van der Waals surface area contributed by atoms with Gasteiger partial charge >= 0.3 is 0 Å². The van der Waals surface area contributed by atoms with Crippen LogP contribution < -0.4 is 14.8 Å². The van der Waals surface area contributed by atoms with Crippen LogP contribution in [-0.4, -0.2) is 43.7 Å². The summed E-state index contributed by atoms with van der Waals surface area (Å²) < 4.78 is 11.2. The predicted octanol–water partition coefficient (Wildman–Crippen LogP) is 1.98. The van der Waals surface area contributed by atoms with Gasteiger partial charge in [0.25, 0.3) is 5.91 Å². The molecule has 0 aliphatic carbocycles. The summed E-state index contributed by atoms with van der Waals surface area (Å²) in [6.07, 6.45) is 0. The molecule has 21 heavy (non-hydrogen) atoms. The number of rotatable bonds is 7. The predicted molar refractivity (Wildman–Crippen MR) is 81.8 cm³/mol. The molecule has 0 fully saturated rings. The summed E-state index contributed by atoms with van der Waals surface area (Å²) >= 11 is 0. The molecule has 0 spiro atoms. The Morgan fingerprint density at radius 1 is 1.38 bits per heavy atom. The Hall–Kier alpha value is -1.75. The lowest BCUT2D eigenvalue weighted by Gasteiger charge is -2.18. The SMILES string of the molecule is CCNC1COc2cc(OCC(=O)N(CC)CC)ccc21. The zero-order chi connectivity index (χ0) is 15.2. The number of amides is 1. The maximum absolute atomic E-state index is 11.9. The lowest BCUT2D eigenvalue weighted by atomic mass is 10.1. The zero-order valence-electron chi connectivity index (χ0n) is 13.0. The second kappa shape index (κ2) is 7.31. The number of hydrogen-bond donors (Lipinski definition) is 1. The molecule has 116 valence electrons. The van der Waals surface area contributed by atoms with Crippen LogP contribution in [0.5, 0.6) is 11.5 Å². The van der Waals surface area contributed by atoms with Crippen molar-refractivity contribution >= 4 is 5.91 Å². The first kappa shape index (κ1) is 15.6. The molecule has 0 aromatic heterocycles. The van der Waals surface area contributed by atoms with E-state index in [-0.39, 0.29) is 18.6 Å². The number of likely N-dealkylation sites (N-methyl/N-ethyl adjacent to an activating group) is 2. The van der Waals surface area contributed by atoms with E-state index in [0.29, 0.717) is 25.4 Å². The maximum atomic E-state index is 11.9. The molecule has 1 aliphatic heterocycles. The summed E-state index contributed by atoms with van der Waals surface area (Å²) in [4.78, 5) is 13.7. The molecular formula is C16H24N2O3. The molecule has 1 atom stereocenters. The van der Waals surface area contributed by atoms with E-state index in [2.05, 4.69) is 12.2 Å². The van der Waals surface area contributed by atoms with Crippen LogP contribution in [0.3, 0.4) is 0 Å². The van der Waals surface area contributed by atoms with Gasteiger partial charge in [-0.3, -0.25) is 4.79 Å². The van der Waals surface area contributed by atoms with Crippen molar-refractivity contribution in [2.75, 3.05) is 32.8 Å². The van der Waals surface area contributed by atoms with E-state index >= 15 is 0 Å². The van der Waals surface area contributed by atoms with Crippen LogP contribution in [-0.2, 0) is 4.79 Å². The fourth-order valence-corrected chi connectivity index (χ4v) is 2.51. The average Bonchev–Trinajstić information content (AvgIpc) is 2.89. The highest BCUT2D eigenvalue weighted by molar-refractivity contribution is 5.77. The molecule has 1 amide bonds. The van der Waals surface area contributed by atoms with Crippen LogP contribution in [0.4, 0.5) is 0 Å². The molecule has 0 radical (unpaired) electrons. The largest absolute Gasteiger partial charge is 0.491 e. The van der Waals surface area contributed by atoms with Crippen molar-refractivity contribution in [2.24, 2.45) is 0 Å². The Kier molecular flexibility index (Phi) is 5.44. The molecule has 5 nitrogen and oxygen atoms in total. The lowest BCUT2D eigenvalue weighted by Crippen LogP contribution is -2.34. The number of fused-ring (bicyclic) bond motifs is 1. The summed E-state index contributed by atoms with van der Waals surface area (Å²) in [6.45, 7) is 9.03. The van der Waals surface area contributed by atoms with Crippen molar-refractivity contribution in [2.45, 2.75) is 26.8 Å². The van der Waals surface area contributed by atoms with Crippen molar-refractivity contribution in [3.8, 4) is 11.5 Å². The summed E-state index contributed by atoms with van der Waals surface area (Å²) in [7, 11) is 0. The van der Waals surface area contributed by atoms with Gasteiger partial charge in [0, 0.05) is 24.7 Å². The average molecular weight is 292 g/mol. The Labute approximate surface area is 126 Å². The van der Waals surface area contributed by atoms with E-state index in [1.807, 2.05) is 32.0 Å². The number of nitrogens with zero attached hydrogens (tertiary/aromatic N) is 1. The third-order valence-corrected chi connectivity index (χ3v) is 3.69. The van der Waals surface area contributed by atoms with Crippen LogP contribution in [0, 0.1) is 0 Å². The van der Waals surface area contributed by atoms with Crippen molar-refractivity contribution in [3.05, 3.63) is 23.8 Å². The quantitative estimate of drug-likeness (QED) is 0.835. The van der Waals surface area contributed by atoms with Gasteiger partial charge in [-0.25, -0.2) is 0 Å². The number of nitrogens with one attached hydrogen (secondary N) is 1. The van der Waals surface area contributed by atoms with Crippen molar-refractivity contribution in [1.82, 2.24) is 10.2 Å². The minimum absolute atomic E-state index is 0.00643. The van der Waals surface area contributed by atoms with E-state index in [1.165, 1.54) is 0 Å². The molecule has 0 saturated carbocycles. The fraction of sp³-hybridized carbons (Fsp3) is 0.562. The number of hydrogen-bond acceptors (Lipinski definition) is 4. The number of carbonyl (C=O) groups is 1. The van der Waals surface area contributed by atoms with Crippen LogP contribution >= 0.6 is 0 Å². The van der Waals surface area contributed by atoms with E-state index in [9.17, 15) is 4.79 Å². The highest BCUT2D eigenvalue weighted by Crippen LogP contribution is 2.35. The van der Waals surface area contributed by atoms with Gasteiger partial charge in [0.2, 0.25) is 0 Å². The second-order valence-electron chi connectivity index (χ2n) is 4.98. The molecule has 1 unspecified atom stereocenters. The Balaban J connectivity index is 1.96. The molecule has 1 aromatic carbocycles. The third kappa shape index (κ3) is 3.67. The fourth-order valence-electron chi connectivity index (χ4n) is 2.51.